The molecular formula is C10H10BrClN2. The van der Waals surface area contributed by atoms with Crippen molar-refractivity contribution in [2.45, 2.75) is 19.9 Å². The molecule has 0 radical (unpaired) electrons. The minimum absolute atomic E-state index is 0.368. The Labute approximate surface area is 96.0 Å². The molecule has 1 aromatic heterocycles. The van der Waals surface area contributed by atoms with Crippen LogP contribution in [-0.2, 0) is 0 Å². The van der Waals surface area contributed by atoms with Crippen LogP contribution in [0, 0.1) is 0 Å². The second-order valence-electron chi connectivity index (χ2n) is 3.45. The van der Waals surface area contributed by atoms with Gasteiger partial charge < -0.3 is 4.57 Å². The maximum Gasteiger partial charge on any atom is 0.178 e. The summed E-state index contributed by atoms with van der Waals surface area (Å²) in [6.07, 6.45) is 0. The third kappa shape index (κ3) is 1.44. The quantitative estimate of drug-likeness (QED) is 0.767. The van der Waals surface area contributed by atoms with E-state index in [9.17, 15) is 0 Å². The molecular weight excluding hydrogens is 263 g/mol. The SMILES string of the molecule is CC(C)n1c(Br)nc2c(Cl)cccc21. The van der Waals surface area contributed by atoms with Gasteiger partial charge in [0.2, 0.25) is 0 Å². The van der Waals surface area contributed by atoms with Gasteiger partial charge in [0.25, 0.3) is 0 Å². The van der Waals surface area contributed by atoms with Crippen LogP contribution in [0.3, 0.4) is 0 Å². The minimum atomic E-state index is 0.368. The van der Waals surface area contributed by atoms with Crippen molar-refractivity contribution in [3.8, 4) is 0 Å². The van der Waals surface area contributed by atoms with Crippen molar-refractivity contribution in [3.05, 3.63) is 28.0 Å². The predicted molar refractivity (Wildman–Crippen MR) is 62.8 cm³/mol. The van der Waals surface area contributed by atoms with Crippen molar-refractivity contribution in [2.75, 3.05) is 0 Å². The summed E-state index contributed by atoms with van der Waals surface area (Å²) in [4.78, 5) is 4.38. The van der Waals surface area contributed by atoms with Crippen LogP contribution >= 0.6 is 27.5 Å². The molecule has 0 unspecified atom stereocenters. The van der Waals surface area contributed by atoms with E-state index in [-0.39, 0.29) is 0 Å². The zero-order chi connectivity index (χ0) is 10.3. The second-order valence-corrected chi connectivity index (χ2v) is 4.57. The molecule has 0 aliphatic heterocycles. The van der Waals surface area contributed by atoms with Gasteiger partial charge in [-0.1, -0.05) is 17.7 Å². The van der Waals surface area contributed by atoms with E-state index in [1.165, 1.54) is 0 Å². The Morgan fingerprint density at radius 3 is 2.79 bits per heavy atom. The van der Waals surface area contributed by atoms with Crippen molar-refractivity contribution in [3.63, 3.8) is 0 Å². The average Bonchev–Trinajstić information content (AvgIpc) is 2.42. The fourth-order valence-electron chi connectivity index (χ4n) is 1.55. The number of para-hydroxylation sites is 1. The predicted octanol–water partition coefficient (Wildman–Crippen LogP) is 4.03. The molecule has 2 nitrogen and oxygen atoms in total. The highest BCUT2D eigenvalue weighted by Gasteiger charge is 2.12. The molecule has 0 atom stereocenters. The number of benzene rings is 1. The Balaban J connectivity index is 2.83. The highest BCUT2D eigenvalue weighted by Crippen LogP contribution is 2.28. The highest BCUT2D eigenvalue weighted by atomic mass is 79.9. The molecule has 74 valence electrons. The Morgan fingerprint density at radius 2 is 2.14 bits per heavy atom. The van der Waals surface area contributed by atoms with E-state index >= 15 is 0 Å². The Hall–Kier alpha value is -0.540. The first-order chi connectivity index (χ1) is 6.61. The molecule has 0 bridgehead atoms. The molecule has 0 saturated carbocycles. The smallest absolute Gasteiger partial charge is 0.178 e. The topological polar surface area (TPSA) is 17.8 Å². The van der Waals surface area contributed by atoms with Gasteiger partial charge in [0.15, 0.2) is 4.73 Å². The van der Waals surface area contributed by atoms with Crippen LogP contribution in [0.1, 0.15) is 19.9 Å². The van der Waals surface area contributed by atoms with Gasteiger partial charge in [-0.05, 0) is 41.9 Å². The molecule has 2 aromatic rings. The lowest BCUT2D eigenvalue weighted by molar-refractivity contribution is 0.604. The van der Waals surface area contributed by atoms with Gasteiger partial charge in [0.1, 0.15) is 5.52 Å². The maximum absolute atomic E-state index is 6.05. The molecule has 0 amide bonds. The summed E-state index contributed by atoms with van der Waals surface area (Å²) in [5.74, 6) is 0. The van der Waals surface area contributed by atoms with Crippen molar-refractivity contribution >= 4 is 38.6 Å². The Bertz CT molecular complexity index is 476. The molecule has 1 aromatic carbocycles. The van der Waals surface area contributed by atoms with E-state index in [2.05, 4.69) is 39.3 Å². The zero-order valence-corrected chi connectivity index (χ0v) is 10.3. The highest BCUT2D eigenvalue weighted by molar-refractivity contribution is 9.10. The summed E-state index contributed by atoms with van der Waals surface area (Å²) < 4.78 is 2.94. The Kier molecular flexibility index (Phi) is 2.54. The Morgan fingerprint density at radius 1 is 1.43 bits per heavy atom. The molecule has 4 heteroatoms. The van der Waals surface area contributed by atoms with Crippen molar-refractivity contribution in [1.29, 1.82) is 0 Å². The van der Waals surface area contributed by atoms with E-state index in [1.54, 1.807) is 0 Å². The van der Waals surface area contributed by atoms with Crippen LogP contribution in [0.25, 0.3) is 11.0 Å². The third-order valence-electron chi connectivity index (χ3n) is 2.14. The minimum Gasteiger partial charge on any atom is -0.316 e. The van der Waals surface area contributed by atoms with Crippen molar-refractivity contribution < 1.29 is 0 Å². The first-order valence-electron chi connectivity index (χ1n) is 4.43. The largest absolute Gasteiger partial charge is 0.316 e. The number of imidazole rings is 1. The first-order valence-corrected chi connectivity index (χ1v) is 5.60. The molecule has 0 saturated heterocycles. The van der Waals surface area contributed by atoms with Crippen LogP contribution in [0.2, 0.25) is 5.02 Å². The number of nitrogens with zero attached hydrogens (tertiary/aromatic N) is 2. The molecule has 0 aliphatic carbocycles. The van der Waals surface area contributed by atoms with Crippen LogP contribution in [0.5, 0.6) is 0 Å². The first kappa shape index (κ1) is 9.99. The van der Waals surface area contributed by atoms with Crippen LogP contribution < -0.4 is 0 Å². The number of hydrogen-bond acceptors (Lipinski definition) is 1. The molecule has 0 spiro atoms. The lowest BCUT2D eigenvalue weighted by Crippen LogP contribution is -2.00. The van der Waals surface area contributed by atoms with Crippen LogP contribution in [0.15, 0.2) is 22.9 Å². The normalized spacial score (nSPS) is 11.5. The standard InChI is InChI=1S/C10H10BrClN2/c1-6(2)14-8-5-3-4-7(12)9(8)13-10(14)11/h3-6H,1-2H3. The molecule has 1 heterocycles. The van der Waals surface area contributed by atoms with E-state index in [0.29, 0.717) is 11.1 Å². The molecule has 14 heavy (non-hydrogen) atoms. The van der Waals surface area contributed by atoms with E-state index in [4.69, 9.17) is 11.6 Å². The fraction of sp³-hybridized carbons (Fsp3) is 0.300. The number of fused-ring (bicyclic) bond motifs is 1. The van der Waals surface area contributed by atoms with Crippen LogP contribution in [0.4, 0.5) is 0 Å². The summed E-state index contributed by atoms with van der Waals surface area (Å²) in [6.45, 7) is 4.24. The summed E-state index contributed by atoms with van der Waals surface area (Å²) in [5.41, 5.74) is 1.93. The van der Waals surface area contributed by atoms with Crippen LogP contribution in [-0.4, -0.2) is 9.55 Å². The maximum atomic E-state index is 6.05. The summed E-state index contributed by atoms with van der Waals surface area (Å²) in [6, 6.07) is 6.19. The number of aromatic nitrogens is 2. The second kappa shape index (κ2) is 3.55. The van der Waals surface area contributed by atoms with Gasteiger partial charge >= 0.3 is 0 Å². The van der Waals surface area contributed by atoms with Gasteiger partial charge in [-0.25, -0.2) is 4.98 Å². The van der Waals surface area contributed by atoms with Crippen molar-refractivity contribution in [1.82, 2.24) is 9.55 Å². The molecule has 0 N–H and O–H groups in total. The van der Waals surface area contributed by atoms with Gasteiger partial charge in [0.05, 0.1) is 10.5 Å². The third-order valence-corrected chi connectivity index (χ3v) is 3.01. The molecule has 0 aliphatic rings. The number of halogens is 2. The van der Waals surface area contributed by atoms with Crippen molar-refractivity contribution in [2.24, 2.45) is 0 Å². The fourth-order valence-corrected chi connectivity index (χ4v) is 2.54. The number of rotatable bonds is 1. The van der Waals surface area contributed by atoms with Gasteiger partial charge in [0, 0.05) is 6.04 Å². The average molecular weight is 274 g/mol. The lowest BCUT2D eigenvalue weighted by atomic mass is 10.3. The van der Waals surface area contributed by atoms with E-state index in [1.807, 2.05) is 18.2 Å². The van der Waals surface area contributed by atoms with Gasteiger partial charge in [-0.2, -0.15) is 0 Å². The molecule has 2 rings (SSSR count). The monoisotopic (exact) mass is 272 g/mol. The summed E-state index contributed by atoms with van der Waals surface area (Å²) in [5, 5.41) is 0.697. The van der Waals surface area contributed by atoms with E-state index in [0.717, 1.165) is 15.8 Å². The zero-order valence-electron chi connectivity index (χ0n) is 7.96. The van der Waals surface area contributed by atoms with Gasteiger partial charge in [-0.15, -0.1) is 0 Å². The summed E-state index contributed by atoms with van der Waals surface area (Å²) in [7, 11) is 0. The lowest BCUT2D eigenvalue weighted by Gasteiger charge is -2.09. The molecule has 0 fully saturated rings. The van der Waals surface area contributed by atoms with Gasteiger partial charge in [-0.3, -0.25) is 0 Å². The van der Waals surface area contributed by atoms with E-state index < -0.39 is 0 Å². The summed E-state index contributed by atoms with van der Waals surface area (Å²) >= 11 is 9.49. The number of hydrogen-bond donors (Lipinski definition) is 0.